The second kappa shape index (κ2) is 4.96. The van der Waals surface area contributed by atoms with E-state index in [0.717, 1.165) is 30.3 Å². The molecule has 0 amide bonds. The molecule has 2 aromatic rings. The van der Waals surface area contributed by atoms with Crippen LogP contribution in [0.2, 0.25) is 0 Å². The van der Waals surface area contributed by atoms with Crippen molar-refractivity contribution < 1.29 is 4.79 Å². The first-order valence-electron chi connectivity index (χ1n) is 6.73. The van der Waals surface area contributed by atoms with Gasteiger partial charge in [0.05, 0.1) is 17.2 Å². The van der Waals surface area contributed by atoms with E-state index in [0.29, 0.717) is 18.7 Å². The number of rotatable bonds is 3. The fourth-order valence-corrected chi connectivity index (χ4v) is 2.82. The van der Waals surface area contributed by atoms with E-state index >= 15 is 0 Å². The van der Waals surface area contributed by atoms with Gasteiger partial charge in [0, 0.05) is 18.9 Å². The number of benzene rings is 1. The molecule has 0 radical (unpaired) electrons. The topological polar surface area (TPSA) is 52.0 Å². The van der Waals surface area contributed by atoms with Crippen molar-refractivity contribution in [1.29, 1.82) is 0 Å². The number of carbonyl (C=O) groups is 1. The molecular formula is C15H16N2O2. The van der Waals surface area contributed by atoms with Crippen LogP contribution in [0.15, 0.2) is 35.3 Å². The molecule has 4 heteroatoms. The fourth-order valence-electron chi connectivity index (χ4n) is 2.82. The van der Waals surface area contributed by atoms with E-state index in [9.17, 15) is 9.59 Å². The van der Waals surface area contributed by atoms with Crippen molar-refractivity contribution >= 4 is 16.8 Å². The summed E-state index contributed by atoms with van der Waals surface area (Å²) in [6.45, 7) is 0.596. The highest BCUT2D eigenvalue weighted by Gasteiger charge is 2.24. The van der Waals surface area contributed by atoms with E-state index in [4.69, 9.17) is 0 Å². The molecule has 1 aliphatic rings. The summed E-state index contributed by atoms with van der Waals surface area (Å²) in [4.78, 5) is 27.7. The molecular weight excluding hydrogens is 240 g/mol. The van der Waals surface area contributed by atoms with E-state index < -0.39 is 0 Å². The molecule has 1 aromatic heterocycles. The van der Waals surface area contributed by atoms with E-state index in [-0.39, 0.29) is 11.5 Å². The van der Waals surface area contributed by atoms with Crippen LogP contribution < -0.4 is 5.56 Å². The molecule has 98 valence electrons. The van der Waals surface area contributed by atoms with Crippen LogP contribution in [-0.4, -0.2) is 15.3 Å². The minimum absolute atomic E-state index is 0.0934. The van der Waals surface area contributed by atoms with Crippen LogP contribution >= 0.6 is 0 Å². The zero-order valence-electron chi connectivity index (χ0n) is 10.7. The molecule has 1 aliphatic carbocycles. The molecule has 0 spiro atoms. The molecule has 1 saturated carbocycles. The standard InChI is InChI=1S/C15H16N2O2/c18-14-7-3-4-11(14)8-9-17-13-6-2-1-5-12(13)16-10-15(17)19/h1-2,5-6,10-11H,3-4,7-9H2. The van der Waals surface area contributed by atoms with E-state index in [1.807, 2.05) is 24.3 Å². The van der Waals surface area contributed by atoms with E-state index in [1.54, 1.807) is 4.57 Å². The van der Waals surface area contributed by atoms with Gasteiger partial charge in [-0.3, -0.25) is 9.59 Å². The predicted octanol–water partition coefficient (Wildman–Crippen LogP) is 2.16. The van der Waals surface area contributed by atoms with E-state index in [1.165, 1.54) is 6.20 Å². The van der Waals surface area contributed by atoms with Gasteiger partial charge in [-0.1, -0.05) is 12.1 Å². The van der Waals surface area contributed by atoms with Crippen molar-refractivity contribution in [2.45, 2.75) is 32.2 Å². The summed E-state index contributed by atoms with van der Waals surface area (Å²) in [5.74, 6) is 0.491. The summed E-state index contributed by atoms with van der Waals surface area (Å²) in [7, 11) is 0. The summed E-state index contributed by atoms with van der Waals surface area (Å²) in [6.07, 6.45) is 4.79. The van der Waals surface area contributed by atoms with Gasteiger partial charge in [0.2, 0.25) is 0 Å². The van der Waals surface area contributed by atoms with Gasteiger partial charge in [0.25, 0.3) is 5.56 Å². The van der Waals surface area contributed by atoms with Gasteiger partial charge in [-0.25, -0.2) is 4.98 Å². The lowest BCUT2D eigenvalue weighted by Gasteiger charge is -2.12. The fraction of sp³-hybridized carbons (Fsp3) is 0.400. The van der Waals surface area contributed by atoms with Crippen molar-refractivity contribution in [2.75, 3.05) is 0 Å². The van der Waals surface area contributed by atoms with Crippen LogP contribution in [0.3, 0.4) is 0 Å². The first-order chi connectivity index (χ1) is 9.25. The van der Waals surface area contributed by atoms with Crippen LogP contribution in [0.5, 0.6) is 0 Å². The maximum absolute atomic E-state index is 11.9. The lowest BCUT2D eigenvalue weighted by Crippen LogP contribution is -2.22. The van der Waals surface area contributed by atoms with Gasteiger partial charge in [0.1, 0.15) is 5.78 Å². The van der Waals surface area contributed by atoms with Crippen molar-refractivity contribution in [1.82, 2.24) is 9.55 Å². The molecule has 1 fully saturated rings. The molecule has 19 heavy (non-hydrogen) atoms. The Morgan fingerprint density at radius 1 is 1.26 bits per heavy atom. The number of hydrogen-bond acceptors (Lipinski definition) is 3. The number of aryl methyl sites for hydroxylation is 1. The molecule has 1 heterocycles. The van der Waals surface area contributed by atoms with Crippen LogP contribution in [0.1, 0.15) is 25.7 Å². The first kappa shape index (κ1) is 12.1. The van der Waals surface area contributed by atoms with Gasteiger partial charge in [-0.2, -0.15) is 0 Å². The van der Waals surface area contributed by atoms with Crippen LogP contribution in [0.4, 0.5) is 0 Å². The second-order valence-corrected chi connectivity index (χ2v) is 5.08. The van der Waals surface area contributed by atoms with Crippen LogP contribution in [0, 0.1) is 5.92 Å². The summed E-state index contributed by atoms with van der Waals surface area (Å²) in [5.41, 5.74) is 1.57. The van der Waals surface area contributed by atoms with Gasteiger partial charge >= 0.3 is 0 Å². The summed E-state index contributed by atoms with van der Waals surface area (Å²) >= 11 is 0. The third kappa shape index (κ3) is 2.30. The van der Waals surface area contributed by atoms with Crippen molar-refractivity contribution in [3.63, 3.8) is 0 Å². The number of nitrogens with zero attached hydrogens (tertiary/aromatic N) is 2. The largest absolute Gasteiger partial charge is 0.305 e. The Labute approximate surface area is 111 Å². The highest BCUT2D eigenvalue weighted by molar-refractivity contribution is 5.82. The molecule has 4 nitrogen and oxygen atoms in total. The van der Waals surface area contributed by atoms with Crippen LogP contribution in [-0.2, 0) is 11.3 Å². The smallest absolute Gasteiger partial charge is 0.269 e. The summed E-state index contributed by atoms with van der Waals surface area (Å²) in [5, 5.41) is 0. The number of ketones is 1. The Morgan fingerprint density at radius 3 is 2.89 bits per heavy atom. The predicted molar refractivity (Wildman–Crippen MR) is 73.0 cm³/mol. The number of Topliss-reactive ketones (excluding diaryl/α,β-unsaturated/α-hetero) is 1. The quantitative estimate of drug-likeness (QED) is 0.845. The Kier molecular flexibility index (Phi) is 3.15. The zero-order valence-corrected chi connectivity index (χ0v) is 10.7. The molecule has 0 bridgehead atoms. The zero-order chi connectivity index (χ0) is 13.2. The van der Waals surface area contributed by atoms with Crippen molar-refractivity contribution in [2.24, 2.45) is 5.92 Å². The number of fused-ring (bicyclic) bond motifs is 1. The van der Waals surface area contributed by atoms with Crippen molar-refractivity contribution in [3.05, 3.63) is 40.8 Å². The molecule has 1 atom stereocenters. The number of carbonyl (C=O) groups excluding carboxylic acids is 1. The Hall–Kier alpha value is -1.97. The minimum Gasteiger partial charge on any atom is -0.305 e. The Bertz CT molecular complexity index is 675. The minimum atomic E-state index is -0.0934. The summed E-state index contributed by atoms with van der Waals surface area (Å²) < 4.78 is 1.73. The third-order valence-corrected chi connectivity index (χ3v) is 3.88. The van der Waals surface area contributed by atoms with Gasteiger partial charge in [-0.15, -0.1) is 0 Å². The van der Waals surface area contributed by atoms with Gasteiger partial charge in [-0.05, 0) is 31.4 Å². The number of para-hydroxylation sites is 2. The van der Waals surface area contributed by atoms with Gasteiger partial charge in [0.15, 0.2) is 0 Å². The normalized spacial score (nSPS) is 19.2. The van der Waals surface area contributed by atoms with Crippen molar-refractivity contribution in [3.8, 4) is 0 Å². The number of hydrogen-bond donors (Lipinski definition) is 0. The summed E-state index contributed by atoms with van der Waals surface area (Å²) in [6, 6.07) is 7.61. The molecule has 1 aromatic carbocycles. The highest BCUT2D eigenvalue weighted by atomic mass is 16.1. The SMILES string of the molecule is O=C1CCCC1CCn1c(=O)cnc2ccccc21. The third-order valence-electron chi connectivity index (χ3n) is 3.88. The lowest BCUT2D eigenvalue weighted by atomic mass is 10.0. The lowest BCUT2D eigenvalue weighted by molar-refractivity contribution is -0.120. The Balaban J connectivity index is 1.89. The van der Waals surface area contributed by atoms with E-state index in [2.05, 4.69) is 4.98 Å². The molecule has 1 unspecified atom stereocenters. The average molecular weight is 256 g/mol. The monoisotopic (exact) mass is 256 g/mol. The Morgan fingerprint density at radius 2 is 2.11 bits per heavy atom. The maximum Gasteiger partial charge on any atom is 0.269 e. The number of aromatic nitrogens is 2. The van der Waals surface area contributed by atoms with Crippen LogP contribution in [0.25, 0.3) is 11.0 Å². The first-order valence-corrected chi connectivity index (χ1v) is 6.73. The van der Waals surface area contributed by atoms with Gasteiger partial charge < -0.3 is 4.57 Å². The highest BCUT2D eigenvalue weighted by Crippen LogP contribution is 2.24. The average Bonchev–Trinajstić information content (AvgIpc) is 2.83. The molecule has 0 aliphatic heterocycles. The molecule has 0 saturated heterocycles. The molecule has 0 N–H and O–H groups in total. The second-order valence-electron chi connectivity index (χ2n) is 5.08. The molecule has 3 rings (SSSR count). The maximum atomic E-state index is 11.9.